The molecule has 0 aliphatic carbocycles. The molecule has 0 amide bonds. The van der Waals surface area contributed by atoms with Crippen molar-refractivity contribution in [2.24, 2.45) is 5.10 Å². The van der Waals surface area contributed by atoms with E-state index in [1.165, 1.54) is 13.2 Å². The lowest BCUT2D eigenvalue weighted by molar-refractivity contribution is -0.142. The summed E-state index contributed by atoms with van der Waals surface area (Å²) in [7, 11) is 1.20. The average molecular weight is 487 g/mol. The van der Waals surface area contributed by atoms with E-state index in [2.05, 4.69) is 20.5 Å². The summed E-state index contributed by atoms with van der Waals surface area (Å²) in [4.78, 5) is 17.9. The standard InChI is InChI=1S/C20H15F6N5O3/c1-19(22,23)12-6-10(18(33-2)31-30-12)7-13-28-16(20(24,25)26)15(17(32)29-13)34-11-5-3-4-9(8-27)14(11)21/h3-6,18,31H,7H2,1-2H3,(H,28,29,32). The number of benzene rings is 1. The number of ether oxygens (including phenoxy) is 2. The van der Waals surface area contributed by atoms with Gasteiger partial charge in [0.2, 0.25) is 5.75 Å². The van der Waals surface area contributed by atoms with Gasteiger partial charge in [-0.05, 0) is 23.8 Å². The molecule has 1 aliphatic rings. The van der Waals surface area contributed by atoms with Crippen molar-refractivity contribution < 1.29 is 35.8 Å². The van der Waals surface area contributed by atoms with Crippen molar-refractivity contribution in [2.45, 2.75) is 31.7 Å². The molecule has 2 heterocycles. The minimum absolute atomic E-state index is 0.00623. The first-order valence-electron chi connectivity index (χ1n) is 9.36. The number of hydrogen-bond acceptors (Lipinski definition) is 7. The van der Waals surface area contributed by atoms with E-state index < -0.39 is 70.4 Å². The molecule has 0 fully saturated rings. The first kappa shape index (κ1) is 24.8. The molecule has 8 nitrogen and oxygen atoms in total. The van der Waals surface area contributed by atoms with Crippen LogP contribution in [0.4, 0.5) is 26.3 Å². The van der Waals surface area contributed by atoms with Crippen LogP contribution in [0.2, 0.25) is 0 Å². The zero-order valence-corrected chi connectivity index (χ0v) is 17.4. The van der Waals surface area contributed by atoms with E-state index in [0.29, 0.717) is 6.92 Å². The maximum Gasteiger partial charge on any atom is 0.437 e. The Hall–Kier alpha value is -3.86. The van der Waals surface area contributed by atoms with E-state index >= 15 is 0 Å². The molecular weight excluding hydrogens is 472 g/mol. The first-order valence-corrected chi connectivity index (χ1v) is 9.36. The fraction of sp³-hybridized carbons (Fsp3) is 0.300. The van der Waals surface area contributed by atoms with Crippen molar-refractivity contribution in [3.05, 3.63) is 63.1 Å². The lowest BCUT2D eigenvalue weighted by Gasteiger charge is -2.25. The number of nitrogens with one attached hydrogen (secondary N) is 2. The SMILES string of the molecule is COC1NN=C(C(C)(F)F)C=C1Cc1nc(C(F)(F)F)c(Oc2cccc(C#N)c2F)c(=O)[nH]1. The van der Waals surface area contributed by atoms with Crippen LogP contribution in [0, 0.1) is 17.1 Å². The molecule has 1 atom stereocenters. The van der Waals surface area contributed by atoms with Crippen LogP contribution in [0.25, 0.3) is 0 Å². The van der Waals surface area contributed by atoms with Gasteiger partial charge in [-0.1, -0.05) is 6.07 Å². The van der Waals surface area contributed by atoms with Gasteiger partial charge in [0.25, 0.3) is 11.5 Å². The molecule has 0 bridgehead atoms. The number of nitriles is 1. The highest BCUT2D eigenvalue weighted by Gasteiger charge is 2.40. The molecule has 0 saturated carbocycles. The van der Waals surface area contributed by atoms with Gasteiger partial charge < -0.3 is 14.5 Å². The third kappa shape index (κ3) is 5.20. The number of rotatable bonds is 6. The smallest absolute Gasteiger partial charge is 0.437 e. The van der Waals surface area contributed by atoms with Crippen LogP contribution in [-0.2, 0) is 17.3 Å². The van der Waals surface area contributed by atoms with Crippen molar-refractivity contribution in [3.8, 4) is 17.6 Å². The summed E-state index contributed by atoms with van der Waals surface area (Å²) < 4.78 is 92.5. The van der Waals surface area contributed by atoms with Gasteiger partial charge in [0.15, 0.2) is 23.5 Å². The second kappa shape index (κ2) is 9.18. The molecule has 1 aliphatic heterocycles. The monoisotopic (exact) mass is 487 g/mol. The Balaban J connectivity index is 2.05. The van der Waals surface area contributed by atoms with E-state index in [4.69, 9.17) is 14.7 Å². The van der Waals surface area contributed by atoms with Crippen molar-refractivity contribution in [1.29, 1.82) is 5.26 Å². The second-order valence-corrected chi connectivity index (χ2v) is 7.05. The Morgan fingerprint density at radius 2 is 1.94 bits per heavy atom. The fourth-order valence-electron chi connectivity index (χ4n) is 2.93. The Morgan fingerprint density at radius 1 is 1.24 bits per heavy atom. The van der Waals surface area contributed by atoms with Crippen LogP contribution >= 0.6 is 0 Å². The molecule has 3 rings (SSSR count). The summed E-state index contributed by atoms with van der Waals surface area (Å²) in [5, 5.41) is 12.3. The third-order valence-corrected chi connectivity index (χ3v) is 4.51. The predicted octanol–water partition coefficient (Wildman–Crippen LogP) is 3.65. The predicted molar refractivity (Wildman–Crippen MR) is 105 cm³/mol. The summed E-state index contributed by atoms with van der Waals surface area (Å²) in [5.74, 6) is -7.34. The molecule has 180 valence electrons. The van der Waals surface area contributed by atoms with Crippen molar-refractivity contribution in [2.75, 3.05) is 7.11 Å². The van der Waals surface area contributed by atoms with Crippen LogP contribution < -0.4 is 15.7 Å². The Morgan fingerprint density at radius 3 is 2.53 bits per heavy atom. The average Bonchev–Trinajstić information content (AvgIpc) is 2.75. The highest BCUT2D eigenvalue weighted by Crippen LogP contribution is 2.36. The van der Waals surface area contributed by atoms with E-state index in [-0.39, 0.29) is 5.57 Å². The molecule has 0 spiro atoms. The van der Waals surface area contributed by atoms with Crippen LogP contribution in [0.1, 0.15) is 24.0 Å². The number of aromatic nitrogens is 2. The number of nitrogens with zero attached hydrogens (tertiary/aromatic N) is 3. The van der Waals surface area contributed by atoms with Gasteiger partial charge in [-0.2, -0.15) is 32.3 Å². The van der Waals surface area contributed by atoms with E-state index in [1.54, 1.807) is 0 Å². The quantitative estimate of drug-likeness (QED) is 0.602. The summed E-state index contributed by atoms with van der Waals surface area (Å²) in [5.41, 5.74) is -2.10. The number of H-pyrrole nitrogens is 1. The van der Waals surface area contributed by atoms with Gasteiger partial charge in [-0.15, -0.1) is 0 Å². The van der Waals surface area contributed by atoms with E-state index in [1.807, 2.05) is 0 Å². The molecule has 0 radical (unpaired) electrons. The van der Waals surface area contributed by atoms with Gasteiger partial charge >= 0.3 is 6.18 Å². The molecule has 2 aromatic rings. The Kier molecular flexibility index (Phi) is 6.69. The maximum absolute atomic E-state index is 14.3. The number of hydrazone groups is 1. The van der Waals surface area contributed by atoms with Crippen molar-refractivity contribution in [3.63, 3.8) is 0 Å². The molecule has 1 aromatic heterocycles. The lowest BCUT2D eigenvalue weighted by Crippen LogP contribution is -2.38. The fourth-order valence-corrected chi connectivity index (χ4v) is 2.93. The van der Waals surface area contributed by atoms with Crippen LogP contribution in [0.5, 0.6) is 11.5 Å². The number of aromatic amines is 1. The second-order valence-electron chi connectivity index (χ2n) is 7.05. The third-order valence-electron chi connectivity index (χ3n) is 4.51. The summed E-state index contributed by atoms with van der Waals surface area (Å²) in [6.45, 7) is 0.573. The Labute approximate surface area is 187 Å². The molecule has 1 unspecified atom stereocenters. The van der Waals surface area contributed by atoms with Crippen LogP contribution in [-0.4, -0.2) is 34.9 Å². The van der Waals surface area contributed by atoms with Gasteiger partial charge in [-0.3, -0.25) is 10.2 Å². The number of alkyl halides is 5. The number of halogens is 6. The molecule has 14 heteroatoms. The van der Waals surface area contributed by atoms with Gasteiger partial charge in [-0.25, -0.2) is 9.37 Å². The van der Waals surface area contributed by atoms with Crippen molar-refractivity contribution in [1.82, 2.24) is 15.4 Å². The minimum atomic E-state index is -5.20. The summed E-state index contributed by atoms with van der Waals surface area (Å²) in [6, 6.07) is 4.63. The van der Waals surface area contributed by atoms with Crippen molar-refractivity contribution >= 4 is 5.71 Å². The topological polar surface area (TPSA) is 112 Å². The number of hydrogen-bond donors (Lipinski definition) is 2. The van der Waals surface area contributed by atoms with Gasteiger partial charge in [0.1, 0.15) is 17.6 Å². The molecule has 0 saturated heterocycles. The highest BCUT2D eigenvalue weighted by molar-refractivity contribution is 6.01. The zero-order chi connectivity index (χ0) is 25.3. The molecule has 1 aromatic carbocycles. The largest absolute Gasteiger partial charge is 0.446 e. The van der Waals surface area contributed by atoms with Crippen LogP contribution in [0.15, 0.2) is 39.7 Å². The number of allylic oxidation sites excluding steroid dienone is 1. The highest BCUT2D eigenvalue weighted by atomic mass is 19.4. The lowest BCUT2D eigenvalue weighted by atomic mass is 10.0. The summed E-state index contributed by atoms with van der Waals surface area (Å²) >= 11 is 0. The van der Waals surface area contributed by atoms with Gasteiger partial charge in [0.05, 0.1) is 5.56 Å². The minimum Gasteiger partial charge on any atom is -0.446 e. The summed E-state index contributed by atoms with van der Waals surface area (Å²) in [6.07, 6.45) is -5.89. The van der Waals surface area contributed by atoms with E-state index in [0.717, 1.165) is 24.3 Å². The molecule has 2 N–H and O–H groups in total. The first-order chi connectivity index (χ1) is 15.8. The zero-order valence-electron chi connectivity index (χ0n) is 17.4. The molecular formula is C20H15F6N5O3. The van der Waals surface area contributed by atoms with Gasteiger partial charge in [0, 0.05) is 20.5 Å². The normalized spacial score (nSPS) is 16.3. The number of methoxy groups -OCH3 is 1. The maximum atomic E-state index is 14.3. The van der Waals surface area contributed by atoms with E-state index in [9.17, 15) is 31.1 Å². The Bertz CT molecular complexity index is 1260. The molecule has 34 heavy (non-hydrogen) atoms. The van der Waals surface area contributed by atoms with Crippen LogP contribution in [0.3, 0.4) is 0 Å².